The molecule has 0 atom stereocenters. The Kier molecular flexibility index (Phi) is 2.78. The van der Waals surface area contributed by atoms with E-state index in [0.29, 0.717) is 5.56 Å². The molecule has 0 amide bonds. The zero-order valence-electron chi connectivity index (χ0n) is 8.40. The number of carboxylic acid groups (broad SMARTS) is 1. The van der Waals surface area contributed by atoms with Crippen molar-refractivity contribution in [2.24, 2.45) is 0 Å². The number of hydrogen-bond donors (Lipinski definition) is 1. The number of carbonyl (C=O) groups is 1. The van der Waals surface area contributed by atoms with Crippen molar-refractivity contribution in [1.82, 2.24) is 4.98 Å². The summed E-state index contributed by atoms with van der Waals surface area (Å²) in [7, 11) is 0. The molecule has 0 fully saturated rings. The Bertz CT molecular complexity index is 548. The first-order chi connectivity index (χ1) is 7.59. The number of aryl methyl sites for hydroxylation is 1. The molecule has 82 valence electrons. The molecule has 5 heteroatoms. The van der Waals surface area contributed by atoms with E-state index in [9.17, 15) is 4.79 Å². The van der Waals surface area contributed by atoms with Crippen LogP contribution in [0.4, 0.5) is 0 Å². The molecule has 1 N–H and O–H groups in total. The van der Waals surface area contributed by atoms with E-state index in [1.54, 1.807) is 6.07 Å². The molecule has 16 heavy (non-hydrogen) atoms. The zero-order chi connectivity index (χ0) is 11.7. The van der Waals surface area contributed by atoms with Gasteiger partial charge in [0.1, 0.15) is 0 Å². The standard InChI is InChI=1S/C11H8BrNO3/c1-6-4-7(2-3-8(6)12)10-9(11(14)15)13-5-16-10/h2-5H,1H3,(H,14,15). The number of carboxylic acids is 1. The number of halogens is 1. The van der Waals surface area contributed by atoms with Gasteiger partial charge < -0.3 is 9.52 Å². The van der Waals surface area contributed by atoms with E-state index in [2.05, 4.69) is 20.9 Å². The topological polar surface area (TPSA) is 63.3 Å². The molecule has 0 bridgehead atoms. The lowest BCUT2D eigenvalue weighted by molar-refractivity contribution is 0.0691. The molecule has 0 aliphatic rings. The molecule has 0 unspecified atom stereocenters. The summed E-state index contributed by atoms with van der Waals surface area (Å²) in [5, 5.41) is 8.91. The summed E-state index contributed by atoms with van der Waals surface area (Å²) < 4.78 is 6.07. The second-order valence-electron chi connectivity index (χ2n) is 3.30. The van der Waals surface area contributed by atoms with Crippen molar-refractivity contribution in [3.05, 3.63) is 40.3 Å². The van der Waals surface area contributed by atoms with Gasteiger partial charge in [-0.05, 0) is 24.6 Å². The monoisotopic (exact) mass is 281 g/mol. The van der Waals surface area contributed by atoms with Crippen LogP contribution < -0.4 is 0 Å². The van der Waals surface area contributed by atoms with Crippen molar-refractivity contribution in [3.63, 3.8) is 0 Å². The summed E-state index contributed by atoms with van der Waals surface area (Å²) in [6.07, 6.45) is 1.14. The molecule has 0 saturated heterocycles. The molecule has 0 spiro atoms. The van der Waals surface area contributed by atoms with Crippen LogP contribution in [0.15, 0.2) is 33.5 Å². The van der Waals surface area contributed by atoms with Crippen LogP contribution in [-0.4, -0.2) is 16.1 Å². The average molecular weight is 282 g/mol. The number of rotatable bonds is 2. The van der Waals surface area contributed by atoms with Crippen LogP contribution >= 0.6 is 15.9 Å². The van der Waals surface area contributed by atoms with Crippen molar-refractivity contribution >= 4 is 21.9 Å². The zero-order valence-corrected chi connectivity index (χ0v) is 9.98. The van der Waals surface area contributed by atoms with E-state index in [0.717, 1.165) is 16.4 Å². The van der Waals surface area contributed by atoms with Crippen LogP contribution in [0.1, 0.15) is 16.1 Å². The predicted molar refractivity (Wildman–Crippen MR) is 61.3 cm³/mol. The largest absolute Gasteiger partial charge is 0.476 e. The highest BCUT2D eigenvalue weighted by molar-refractivity contribution is 9.10. The van der Waals surface area contributed by atoms with Gasteiger partial charge in [-0.2, -0.15) is 0 Å². The van der Waals surface area contributed by atoms with E-state index < -0.39 is 5.97 Å². The van der Waals surface area contributed by atoms with Crippen LogP contribution in [0.25, 0.3) is 11.3 Å². The van der Waals surface area contributed by atoms with Gasteiger partial charge in [0.15, 0.2) is 17.8 Å². The molecule has 0 radical (unpaired) electrons. The summed E-state index contributed by atoms with van der Waals surface area (Å²) in [4.78, 5) is 14.5. The first-order valence-electron chi connectivity index (χ1n) is 4.53. The summed E-state index contributed by atoms with van der Waals surface area (Å²) in [6, 6.07) is 5.47. The van der Waals surface area contributed by atoms with Gasteiger partial charge in [-0.25, -0.2) is 9.78 Å². The minimum Gasteiger partial charge on any atom is -0.476 e. The van der Waals surface area contributed by atoms with Crippen molar-refractivity contribution < 1.29 is 14.3 Å². The third kappa shape index (κ3) is 1.86. The quantitative estimate of drug-likeness (QED) is 0.919. The molecular formula is C11H8BrNO3. The SMILES string of the molecule is Cc1cc(-c2ocnc2C(=O)O)ccc1Br. The number of aromatic carboxylic acids is 1. The molecule has 0 aliphatic carbocycles. The van der Waals surface area contributed by atoms with Gasteiger partial charge in [0.2, 0.25) is 0 Å². The third-order valence-electron chi connectivity index (χ3n) is 2.19. The highest BCUT2D eigenvalue weighted by Gasteiger charge is 2.17. The minimum absolute atomic E-state index is 0.0678. The Morgan fingerprint density at radius 1 is 1.50 bits per heavy atom. The van der Waals surface area contributed by atoms with E-state index in [1.165, 1.54) is 0 Å². The average Bonchev–Trinajstić information content (AvgIpc) is 2.71. The third-order valence-corrected chi connectivity index (χ3v) is 3.08. The van der Waals surface area contributed by atoms with E-state index in [4.69, 9.17) is 9.52 Å². The summed E-state index contributed by atoms with van der Waals surface area (Å²) in [5.41, 5.74) is 1.64. The molecule has 0 saturated carbocycles. The Morgan fingerprint density at radius 3 is 2.88 bits per heavy atom. The molecule has 2 rings (SSSR count). The lowest BCUT2D eigenvalue weighted by atomic mass is 10.1. The van der Waals surface area contributed by atoms with Gasteiger partial charge in [0.25, 0.3) is 0 Å². The Morgan fingerprint density at radius 2 is 2.25 bits per heavy atom. The van der Waals surface area contributed by atoms with E-state index >= 15 is 0 Å². The van der Waals surface area contributed by atoms with Gasteiger partial charge in [0, 0.05) is 10.0 Å². The van der Waals surface area contributed by atoms with E-state index in [1.807, 2.05) is 19.1 Å². The summed E-state index contributed by atoms with van der Waals surface area (Å²) >= 11 is 3.38. The number of aromatic nitrogens is 1. The minimum atomic E-state index is -1.09. The number of nitrogens with zero attached hydrogens (tertiary/aromatic N) is 1. The van der Waals surface area contributed by atoms with Gasteiger partial charge in [0.05, 0.1) is 0 Å². The van der Waals surface area contributed by atoms with Crippen LogP contribution in [0.2, 0.25) is 0 Å². The fourth-order valence-electron chi connectivity index (χ4n) is 1.39. The summed E-state index contributed by atoms with van der Waals surface area (Å²) in [6.45, 7) is 1.92. The highest BCUT2D eigenvalue weighted by Crippen LogP contribution is 2.27. The molecule has 1 aromatic heterocycles. The first-order valence-corrected chi connectivity index (χ1v) is 5.32. The molecule has 1 heterocycles. The van der Waals surface area contributed by atoms with Crippen LogP contribution in [-0.2, 0) is 0 Å². The van der Waals surface area contributed by atoms with Gasteiger partial charge in [-0.3, -0.25) is 0 Å². The fourth-order valence-corrected chi connectivity index (χ4v) is 1.64. The number of benzene rings is 1. The maximum Gasteiger partial charge on any atom is 0.358 e. The van der Waals surface area contributed by atoms with Gasteiger partial charge >= 0.3 is 5.97 Å². The molecule has 0 aliphatic heterocycles. The summed E-state index contributed by atoms with van der Waals surface area (Å²) in [5.74, 6) is -0.813. The molecule has 4 nitrogen and oxygen atoms in total. The van der Waals surface area contributed by atoms with Crippen LogP contribution in [0, 0.1) is 6.92 Å². The lowest BCUT2D eigenvalue weighted by Crippen LogP contribution is -1.98. The Balaban J connectivity index is 2.54. The van der Waals surface area contributed by atoms with Crippen molar-refractivity contribution in [2.75, 3.05) is 0 Å². The number of oxazole rings is 1. The van der Waals surface area contributed by atoms with Crippen molar-refractivity contribution in [1.29, 1.82) is 0 Å². The van der Waals surface area contributed by atoms with Crippen LogP contribution in [0.3, 0.4) is 0 Å². The maximum absolute atomic E-state index is 10.9. The molecule has 2 aromatic rings. The number of hydrogen-bond acceptors (Lipinski definition) is 3. The Labute approximate surface area is 100 Å². The lowest BCUT2D eigenvalue weighted by Gasteiger charge is -2.01. The second kappa shape index (κ2) is 4.09. The predicted octanol–water partition coefficient (Wildman–Crippen LogP) is 3.11. The van der Waals surface area contributed by atoms with Gasteiger partial charge in [-0.1, -0.05) is 22.0 Å². The Hall–Kier alpha value is -1.62. The van der Waals surface area contributed by atoms with Gasteiger partial charge in [-0.15, -0.1) is 0 Å². The molecular weight excluding hydrogens is 274 g/mol. The van der Waals surface area contributed by atoms with Crippen molar-refractivity contribution in [2.45, 2.75) is 6.92 Å². The van der Waals surface area contributed by atoms with Crippen LogP contribution in [0.5, 0.6) is 0 Å². The normalized spacial score (nSPS) is 10.4. The highest BCUT2D eigenvalue weighted by atomic mass is 79.9. The smallest absolute Gasteiger partial charge is 0.358 e. The molecule has 1 aromatic carbocycles. The maximum atomic E-state index is 10.9. The fraction of sp³-hybridized carbons (Fsp3) is 0.0909. The second-order valence-corrected chi connectivity index (χ2v) is 4.15. The van der Waals surface area contributed by atoms with Crippen molar-refractivity contribution in [3.8, 4) is 11.3 Å². The first kappa shape index (κ1) is 10.9. The van der Waals surface area contributed by atoms with E-state index in [-0.39, 0.29) is 11.5 Å².